The number of allylic oxidation sites excluding steroid dienone is 9. The summed E-state index contributed by atoms with van der Waals surface area (Å²) in [5.41, 5.74) is 4.94. The number of rotatable bonds is 7. The zero-order valence-electron chi connectivity index (χ0n) is 20.7. The third kappa shape index (κ3) is 6.53. The lowest BCUT2D eigenvalue weighted by Gasteiger charge is -2.37. The molecular formula is C29H34FN3O. The lowest BCUT2D eigenvalue weighted by atomic mass is 9.71. The van der Waals surface area contributed by atoms with Crippen molar-refractivity contribution in [3.8, 4) is 0 Å². The maximum atomic E-state index is 13.7. The highest BCUT2D eigenvalue weighted by atomic mass is 19.1. The Morgan fingerprint density at radius 2 is 1.97 bits per heavy atom. The Labute approximate surface area is 202 Å². The van der Waals surface area contributed by atoms with E-state index in [-0.39, 0.29) is 17.0 Å². The van der Waals surface area contributed by atoms with E-state index in [9.17, 15) is 9.18 Å². The molecule has 1 aliphatic rings. The highest BCUT2D eigenvalue weighted by Gasteiger charge is 2.32. The van der Waals surface area contributed by atoms with Crippen LogP contribution in [0.3, 0.4) is 0 Å². The van der Waals surface area contributed by atoms with E-state index in [0.29, 0.717) is 6.04 Å². The number of anilines is 1. The van der Waals surface area contributed by atoms with E-state index >= 15 is 0 Å². The molecule has 1 aromatic heterocycles. The third-order valence-corrected chi connectivity index (χ3v) is 6.30. The molecule has 0 fully saturated rings. The lowest BCUT2D eigenvalue weighted by Crippen LogP contribution is -2.25. The first-order chi connectivity index (χ1) is 16.2. The number of aromatic nitrogens is 2. The first-order valence-electron chi connectivity index (χ1n) is 11.6. The van der Waals surface area contributed by atoms with Gasteiger partial charge < -0.3 is 9.88 Å². The molecule has 34 heavy (non-hydrogen) atoms. The molecule has 5 heteroatoms. The summed E-state index contributed by atoms with van der Waals surface area (Å²) in [6, 6.07) is 6.47. The van der Waals surface area contributed by atoms with E-state index in [1.807, 2.05) is 43.9 Å². The normalized spacial score (nSPS) is 19.3. The molecule has 1 atom stereocenters. The van der Waals surface area contributed by atoms with Gasteiger partial charge in [0.15, 0.2) is 0 Å². The van der Waals surface area contributed by atoms with Crippen molar-refractivity contribution in [1.29, 1.82) is 0 Å². The van der Waals surface area contributed by atoms with Gasteiger partial charge in [-0.25, -0.2) is 9.37 Å². The van der Waals surface area contributed by atoms with Gasteiger partial charge >= 0.3 is 0 Å². The van der Waals surface area contributed by atoms with Gasteiger partial charge in [0.05, 0.1) is 18.1 Å². The predicted octanol–water partition coefficient (Wildman–Crippen LogP) is 7.34. The van der Waals surface area contributed by atoms with Crippen molar-refractivity contribution in [2.75, 3.05) is 5.32 Å². The summed E-state index contributed by atoms with van der Waals surface area (Å²) in [5, 5.41) is 2.56. The van der Waals surface area contributed by atoms with E-state index < -0.39 is 5.82 Å². The van der Waals surface area contributed by atoms with Gasteiger partial charge in [0.25, 0.3) is 0 Å². The Bertz CT molecular complexity index is 1160. The van der Waals surface area contributed by atoms with Gasteiger partial charge in [0.1, 0.15) is 5.82 Å². The number of nitrogens with one attached hydrogen (secondary N) is 1. The van der Waals surface area contributed by atoms with Crippen LogP contribution in [0.5, 0.6) is 0 Å². The fourth-order valence-electron chi connectivity index (χ4n) is 4.35. The Hall–Kier alpha value is -3.47. The molecule has 0 spiro atoms. The van der Waals surface area contributed by atoms with Crippen LogP contribution in [0.1, 0.15) is 53.5 Å². The fraction of sp³-hybridized carbons (Fsp3) is 0.310. The van der Waals surface area contributed by atoms with Crippen molar-refractivity contribution in [3.05, 3.63) is 108 Å². The Morgan fingerprint density at radius 1 is 1.21 bits per heavy atom. The van der Waals surface area contributed by atoms with Gasteiger partial charge in [0.2, 0.25) is 5.91 Å². The van der Waals surface area contributed by atoms with Crippen LogP contribution in [-0.4, -0.2) is 15.5 Å². The Morgan fingerprint density at radius 3 is 2.68 bits per heavy atom. The number of carbonyl (C=O) groups is 1. The van der Waals surface area contributed by atoms with Crippen LogP contribution in [0.25, 0.3) is 0 Å². The van der Waals surface area contributed by atoms with E-state index in [1.165, 1.54) is 29.4 Å². The lowest BCUT2D eigenvalue weighted by molar-refractivity contribution is -0.112. The quantitative estimate of drug-likeness (QED) is 0.348. The van der Waals surface area contributed by atoms with Crippen LogP contribution in [0.15, 0.2) is 102 Å². The second-order valence-corrected chi connectivity index (χ2v) is 9.51. The minimum atomic E-state index is -0.453. The van der Waals surface area contributed by atoms with Crippen molar-refractivity contribution < 1.29 is 9.18 Å². The standard InChI is InChI=1S/C29H34FN3O/c1-21(9-8-10-22(2)19-28(34)32-26-12-7-6-11-25(26)30)13-14-24-23(3)27(15-16-29(24,4)5)33-18-17-31-20-33/h6-14,17-20,27H,15-16H2,1-5H3,(H,32,34)/b10-8+,14-13+,21-9+,22-19+. The first-order valence-corrected chi connectivity index (χ1v) is 11.6. The SMILES string of the molecule is CC1=C(/C=C/C(C)=C/C=C/C(C)=C/C(=O)Nc2ccccc2F)C(C)(C)CCC1n1ccnc1. The topological polar surface area (TPSA) is 46.9 Å². The van der Waals surface area contributed by atoms with Gasteiger partial charge in [0, 0.05) is 18.5 Å². The average molecular weight is 460 g/mol. The largest absolute Gasteiger partial charge is 0.330 e. The van der Waals surface area contributed by atoms with Crippen molar-refractivity contribution in [3.63, 3.8) is 0 Å². The zero-order chi connectivity index (χ0) is 24.7. The summed E-state index contributed by atoms with van der Waals surface area (Å²) in [5.74, 6) is -0.812. The van der Waals surface area contributed by atoms with Gasteiger partial charge in [-0.2, -0.15) is 0 Å². The molecule has 3 rings (SSSR count). The second-order valence-electron chi connectivity index (χ2n) is 9.51. The molecule has 0 saturated carbocycles. The molecule has 0 radical (unpaired) electrons. The number of imidazole rings is 1. The third-order valence-electron chi connectivity index (χ3n) is 6.30. The van der Waals surface area contributed by atoms with Crippen LogP contribution in [0.2, 0.25) is 0 Å². The maximum absolute atomic E-state index is 13.7. The average Bonchev–Trinajstić information content (AvgIpc) is 3.29. The van der Waals surface area contributed by atoms with Crippen molar-refractivity contribution >= 4 is 11.6 Å². The number of hydrogen-bond acceptors (Lipinski definition) is 2. The molecular weight excluding hydrogens is 425 g/mol. The summed E-state index contributed by atoms with van der Waals surface area (Å²) in [7, 11) is 0. The summed E-state index contributed by atoms with van der Waals surface area (Å²) >= 11 is 0. The van der Waals surface area contributed by atoms with Crippen molar-refractivity contribution in [1.82, 2.24) is 9.55 Å². The van der Waals surface area contributed by atoms with Crippen LogP contribution >= 0.6 is 0 Å². The number of amides is 1. The molecule has 4 nitrogen and oxygen atoms in total. The number of para-hydroxylation sites is 1. The summed E-state index contributed by atoms with van der Waals surface area (Å²) in [4.78, 5) is 16.3. The van der Waals surface area contributed by atoms with Gasteiger partial charge in [-0.3, -0.25) is 4.79 Å². The molecule has 0 bridgehead atoms. The minimum absolute atomic E-state index is 0.124. The molecule has 0 aliphatic heterocycles. The Balaban J connectivity index is 1.67. The smallest absolute Gasteiger partial charge is 0.248 e. The number of benzene rings is 1. The molecule has 1 unspecified atom stereocenters. The van der Waals surface area contributed by atoms with Crippen molar-refractivity contribution in [2.45, 2.75) is 53.5 Å². The van der Waals surface area contributed by atoms with Crippen LogP contribution in [0.4, 0.5) is 10.1 Å². The van der Waals surface area contributed by atoms with Gasteiger partial charge in [-0.1, -0.05) is 61.9 Å². The van der Waals surface area contributed by atoms with Crippen LogP contribution < -0.4 is 5.32 Å². The van der Waals surface area contributed by atoms with Crippen LogP contribution in [0, 0.1) is 11.2 Å². The molecule has 1 N–H and O–H groups in total. The molecule has 0 saturated heterocycles. The van der Waals surface area contributed by atoms with Crippen LogP contribution in [-0.2, 0) is 4.79 Å². The van der Waals surface area contributed by atoms with E-state index in [4.69, 9.17) is 0 Å². The van der Waals surface area contributed by atoms with Gasteiger partial charge in [-0.05, 0) is 67.9 Å². The van der Waals surface area contributed by atoms with Crippen molar-refractivity contribution in [2.24, 2.45) is 5.41 Å². The number of hydrogen-bond donors (Lipinski definition) is 1. The number of halogens is 1. The summed E-state index contributed by atoms with van der Waals surface area (Å²) in [6.45, 7) is 10.7. The van der Waals surface area contributed by atoms with E-state index in [0.717, 1.165) is 24.0 Å². The molecule has 1 aliphatic carbocycles. The Kier molecular flexibility index (Phi) is 8.21. The molecule has 1 amide bonds. The summed E-state index contributed by atoms with van der Waals surface area (Å²) < 4.78 is 15.9. The predicted molar refractivity (Wildman–Crippen MR) is 138 cm³/mol. The monoisotopic (exact) mass is 459 g/mol. The van der Waals surface area contributed by atoms with Gasteiger partial charge in [-0.15, -0.1) is 0 Å². The minimum Gasteiger partial charge on any atom is -0.330 e. The maximum Gasteiger partial charge on any atom is 0.248 e. The highest BCUT2D eigenvalue weighted by molar-refractivity contribution is 6.00. The van der Waals surface area contributed by atoms with E-state index in [1.54, 1.807) is 12.1 Å². The highest BCUT2D eigenvalue weighted by Crippen LogP contribution is 2.45. The van der Waals surface area contributed by atoms with E-state index in [2.05, 4.69) is 54.7 Å². The summed E-state index contributed by atoms with van der Waals surface area (Å²) in [6.07, 6.45) is 19.6. The zero-order valence-corrected chi connectivity index (χ0v) is 20.7. The molecule has 2 aromatic rings. The first kappa shape index (κ1) is 25.2. The number of nitrogens with zero attached hydrogens (tertiary/aromatic N) is 2. The molecule has 1 heterocycles. The molecule has 178 valence electrons. The fourth-order valence-corrected chi connectivity index (χ4v) is 4.35. The number of carbonyl (C=O) groups excluding carboxylic acids is 1. The molecule has 1 aromatic carbocycles. The second kappa shape index (κ2) is 11.1.